The Bertz CT molecular complexity index is 870. The lowest BCUT2D eigenvalue weighted by molar-refractivity contribution is 0.747. The van der Waals surface area contributed by atoms with Gasteiger partial charge in [0.25, 0.3) is 0 Å². The maximum atomic E-state index is 5.76. The number of aryl methyl sites for hydroxylation is 2. The first-order chi connectivity index (χ1) is 12.0. The zero-order valence-electron chi connectivity index (χ0n) is 14.5. The average Bonchev–Trinajstić information content (AvgIpc) is 3.00. The molecule has 3 aromatic rings. The summed E-state index contributed by atoms with van der Waals surface area (Å²) in [7, 11) is 3.71. The van der Waals surface area contributed by atoms with E-state index in [1.165, 1.54) is 11.8 Å². The van der Waals surface area contributed by atoms with Crippen molar-refractivity contribution in [2.24, 2.45) is 0 Å². The fraction of sp³-hybridized carbons (Fsp3) is 0.333. The first kappa shape index (κ1) is 17.1. The molecular weight excluding hydrogens is 338 g/mol. The summed E-state index contributed by atoms with van der Waals surface area (Å²) < 4.78 is 1.74. The molecule has 0 aliphatic carbocycles. The van der Waals surface area contributed by atoms with Crippen molar-refractivity contribution in [3.63, 3.8) is 0 Å². The Labute approximate surface area is 149 Å². The van der Waals surface area contributed by atoms with Crippen molar-refractivity contribution in [2.75, 3.05) is 24.7 Å². The zero-order chi connectivity index (χ0) is 18.0. The average molecular weight is 357 g/mol. The molecule has 0 saturated carbocycles. The molecule has 130 valence electrons. The molecule has 0 saturated heterocycles. The molecule has 25 heavy (non-hydrogen) atoms. The first-order valence-electron chi connectivity index (χ1n) is 7.61. The van der Waals surface area contributed by atoms with Crippen LogP contribution in [0.15, 0.2) is 23.4 Å². The standard InChI is InChI=1S/C15H19N9S/c1-9-6-5-7-10(2)12(9)24-15(20-21-22-24)25-8-11-17-13(16)19-14(18-11)23(3)4/h5-7H,8H2,1-4H3,(H2,16,17,18,19). The summed E-state index contributed by atoms with van der Waals surface area (Å²) >= 11 is 1.45. The summed E-state index contributed by atoms with van der Waals surface area (Å²) in [6.45, 7) is 4.07. The van der Waals surface area contributed by atoms with Gasteiger partial charge in [-0.25, -0.2) is 0 Å². The smallest absolute Gasteiger partial charge is 0.229 e. The topological polar surface area (TPSA) is 112 Å². The van der Waals surface area contributed by atoms with Crippen LogP contribution in [0.5, 0.6) is 0 Å². The van der Waals surface area contributed by atoms with E-state index in [9.17, 15) is 0 Å². The van der Waals surface area contributed by atoms with Crippen LogP contribution in [0.4, 0.5) is 11.9 Å². The number of tetrazole rings is 1. The second kappa shape index (κ2) is 7.01. The maximum absolute atomic E-state index is 5.76. The molecule has 0 amide bonds. The van der Waals surface area contributed by atoms with Gasteiger partial charge in [0.05, 0.1) is 11.4 Å². The largest absolute Gasteiger partial charge is 0.368 e. The second-order valence-electron chi connectivity index (χ2n) is 5.71. The lowest BCUT2D eigenvalue weighted by Gasteiger charge is -2.12. The van der Waals surface area contributed by atoms with Gasteiger partial charge in [0.1, 0.15) is 5.82 Å². The quantitative estimate of drug-likeness (QED) is 0.677. The highest BCUT2D eigenvalue weighted by Gasteiger charge is 2.15. The highest BCUT2D eigenvalue weighted by molar-refractivity contribution is 7.98. The molecule has 0 unspecified atom stereocenters. The number of benzene rings is 1. The van der Waals surface area contributed by atoms with Crippen LogP contribution in [0.2, 0.25) is 0 Å². The van der Waals surface area contributed by atoms with Crippen LogP contribution in [0.1, 0.15) is 17.0 Å². The Morgan fingerprint density at radius 3 is 2.52 bits per heavy atom. The number of thioether (sulfide) groups is 1. The maximum Gasteiger partial charge on any atom is 0.229 e. The first-order valence-corrected chi connectivity index (χ1v) is 8.60. The summed E-state index contributed by atoms with van der Waals surface area (Å²) in [6.07, 6.45) is 0. The highest BCUT2D eigenvalue weighted by atomic mass is 32.2. The fourth-order valence-electron chi connectivity index (χ4n) is 2.37. The molecule has 2 heterocycles. The van der Waals surface area contributed by atoms with Gasteiger partial charge in [-0.05, 0) is 35.4 Å². The van der Waals surface area contributed by atoms with Crippen LogP contribution in [0.25, 0.3) is 5.69 Å². The Balaban J connectivity index is 1.86. The minimum atomic E-state index is 0.198. The van der Waals surface area contributed by atoms with Crippen LogP contribution in [-0.2, 0) is 5.75 Å². The molecule has 3 rings (SSSR count). The Hall–Kier alpha value is -2.75. The van der Waals surface area contributed by atoms with Gasteiger partial charge in [-0.1, -0.05) is 30.0 Å². The van der Waals surface area contributed by atoms with E-state index in [4.69, 9.17) is 5.73 Å². The van der Waals surface area contributed by atoms with Crippen LogP contribution in [0, 0.1) is 13.8 Å². The molecule has 1 aromatic carbocycles. The van der Waals surface area contributed by atoms with Gasteiger partial charge in [-0.15, -0.1) is 5.10 Å². The number of hydrogen-bond acceptors (Lipinski definition) is 9. The molecule has 0 aliphatic rings. The van der Waals surface area contributed by atoms with Crippen LogP contribution in [0.3, 0.4) is 0 Å². The van der Waals surface area contributed by atoms with E-state index < -0.39 is 0 Å². The molecule has 0 fully saturated rings. The van der Waals surface area contributed by atoms with E-state index >= 15 is 0 Å². The van der Waals surface area contributed by atoms with E-state index in [1.54, 1.807) is 9.58 Å². The molecule has 2 N–H and O–H groups in total. The summed E-state index contributed by atoms with van der Waals surface area (Å²) in [4.78, 5) is 14.5. The number of hydrogen-bond donors (Lipinski definition) is 1. The van der Waals surface area contributed by atoms with E-state index in [1.807, 2.05) is 46.1 Å². The van der Waals surface area contributed by atoms with E-state index in [-0.39, 0.29) is 5.95 Å². The molecular formula is C15H19N9S. The normalized spacial score (nSPS) is 10.9. The van der Waals surface area contributed by atoms with Crippen molar-refractivity contribution in [2.45, 2.75) is 24.8 Å². The molecule has 9 nitrogen and oxygen atoms in total. The third kappa shape index (κ3) is 3.68. The zero-order valence-corrected chi connectivity index (χ0v) is 15.3. The van der Waals surface area contributed by atoms with Crippen LogP contribution >= 0.6 is 11.8 Å². The number of nitrogen functional groups attached to an aromatic ring is 1. The van der Waals surface area contributed by atoms with E-state index in [2.05, 4.69) is 30.5 Å². The number of aromatic nitrogens is 7. The van der Waals surface area contributed by atoms with Gasteiger partial charge >= 0.3 is 0 Å². The van der Waals surface area contributed by atoms with Gasteiger partial charge in [-0.3, -0.25) is 0 Å². The molecule has 0 aliphatic heterocycles. The molecule has 0 radical (unpaired) electrons. The Kier molecular flexibility index (Phi) is 4.79. The van der Waals surface area contributed by atoms with Crippen molar-refractivity contribution in [3.05, 3.63) is 35.2 Å². The summed E-state index contributed by atoms with van der Waals surface area (Å²) in [5, 5.41) is 12.7. The van der Waals surface area contributed by atoms with E-state index in [0.29, 0.717) is 22.7 Å². The van der Waals surface area contributed by atoms with E-state index in [0.717, 1.165) is 16.8 Å². The summed E-state index contributed by atoms with van der Waals surface area (Å²) in [5.41, 5.74) is 8.96. The van der Waals surface area contributed by atoms with Crippen LogP contribution < -0.4 is 10.6 Å². The fourth-order valence-corrected chi connectivity index (χ4v) is 3.10. The predicted molar refractivity (Wildman–Crippen MR) is 96.8 cm³/mol. The number of nitrogens with two attached hydrogens (primary N) is 1. The SMILES string of the molecule is Cc1cccc(C)c1-n1nnnc1SCc1nc(N)nc(N(C)C)n1. The van der Waals surface area contributed by atoms with Gasteiger partial charge in [-0.2, -0.15) is 19.6 Å². The number of para-hydroxylation sites is 1. The van der Waals surface area contributed by atoms with Gasteiger partial charge in [0.15, 0.2) is 0 Å². The van der Waals surface area contributed by atoms with Crippen LogP contribution in [-0.4, -0.2) is 49.3 Å². The monoisotopic (exact) mass is 357 g/mol. The van der Waals surface area contributed by atoms with Gasteiger partial charge < -0.3 is 10.6 Å². The third-order valence-corrected chi connectivity index (χ3v) is 4.43. The van der Waals surface area contributed by atoms with Crippen molar-refractivity contribution in [1.82, 2.24) is 35.2 Å². The molecule has 10 heteroatoms. The van der Waals surface area contributed by atoms with Crippen molar-refractivity contribution in [1.29, 1.82) is 0 Å². The third-order valence-electron chi connectivity index (χ3n) is 3.51. The van der Waals surface area contributed by atoms with Crippen molar-refractivity contribution >= 4 is 23.7 Å². The lowest BCUT2D eigenvalue weighted by atomic mass is 10.1. The summed E-state index contributed by atoms with van der Waals surface area (Å²) in [5.74, 6) is 1.79. The molecule has 0 spiro atoms. The molecule has 2 aromatic heterocycles. The highest BCUT2D eigenvalue weighted by Crippen LogP contribution is 2.25. The minimum Gasteiger partial charge on any atom is -0.368 e. The Morgan fingerprint density at radius 2 is 1.84 bits per heavy atom. The van der Waals surface area contributed by atoms with Crippen molar-refractivity contribution < 1.29 is 0 Å². The van der Waals surface area contributed by atoms with Gasteiger partial charge in [0, 0.05) is 14.1 Å². The second-order valence-corrected chi connectivity index (χ2v) is 6.65. The molecule has 0 atom stereocenters. The summed E-state index contributed by atoms with van der Waals surface area (Å²) in [6, 6.07) is 6.09. The predicted octanol–water partition coefficient (Wildman–Crippen LogP) is 1.40. The lowest BCUT2D eigenvalue weighted by Crippen LogP contribution is -2.16. The molecule has 0 bridgehead atoms. The minimum absolute atomic E-state index is 0.198. The number of nitrogens with zero attached hydrogens (tertiary/aromatic N) is 8. The van der Waals surface area contributed by atoms with Gasteiger partial charge in [0.2, 0.25) is 17.1 Å². The number of anilines is 2. The Morgan fingerprint density at radius 1 is 1.12 bits per heavy atom. The number of rotatable bonds is 5. The van der Waals surface area contributed by atoms with Crippen molar-refractivity contribution in [3.8, 4) is 5.69 Å².